The minimum atomic E-state index is 0.723. The van der Waals surface area contributed by atoms with Gasteiger partial charge in [0.15, 0.2) is 0 Å². The Labute approximate surface area is 89.9 Å². The molecule has 0 nitrogen and oxygen atoms in total. The second-order valence-electron chi connectivity index (χ2n) is 3.10. The van der Waals surface area contributed by atoms with Crippen LogP contribution < -0.4 is 0 Å². The van der Waals surface area contributed by atoms with E-state index in [0.717, 1.165) is 40.4 Å². The first-order valence-corrected chi connectivity index (χ1v) is 5.21. The van der Waals surface area contributed by atoms with Crippen molar-refractivity contribution in [3.63, 3.8) is 0 Å². The van der Waals surface area contributed by atoms with Gasteiger partial charge in [0, 0.05) is 10.0 Å². The van der Waals surface area contributed by atoms with E-state index in [2.05, 4.69) is 13.8 Å². The molecule has 1 aromatic rings. The maximum Gasteiger partial charge on any atom is 0.0484 e. The summed E-state index contributed by atoms with van der Waals surface area (Å²) in [6.45, 7) is 5.99. The van der Waals surface area contributed by atoms with Crippen molar-refractivity contribution >= 4 is 23.2 Å². The highest BCUT2D eigenvalue weighted by molar-refractivity contribution is 6.36. The van der Waals surface area contributed by atoms with Gasteiger partial charge in [-0.15, -0.1) is 0 Å². The summed E-state index contributed by atoms with van der Waals surface area (Å²) in [7, 11) is 0. The largest absolute Gasteiger partial charge is 0.0840 e. The van der Waals surface area contributed by atoms with Gasteiger partial charge in [-0.05, 0) is 37.0 Å². The van der Waals surface area contributed by atoms with E-state index in [1.54, 1.807) is 0 Å². The lowest BCUT2D eigenvalue weighted by Gasteiger charge is -2.08. The van der Waals surface area contributed by atoms with Gasteiger partial charge in [0.1, 0.15) is 0 Å². The van der Waals surface area contributed by atoms with Crippen LogP contribution >= 0.6 is 23.2 Å². The van der Waals surface area contributed by atoms with Crippen LogP contribution in [0, 0.1) is 6.92 Å². The summed E-state index contributed by atoms with van der Waals surface area (Å²) in [6.07, 6.45) is 3.20. The smallest absolute Gasteiger partial charge is 0.0484 e. The fourth-order valence-corrected chi connectivity index (χ4v) is 1.79. The molecule has 0 heterocycles. The zero-order valence-electron chi connectivity index (χ0n) is 7.74. The van der Waals surface area contributed by atoms with E-state index in [-0.39, 0.29) is 0 Å². The minimum Gasteiger partial charge on any atom is -0.0840 e. The lowest BCUT2D eigenvalue weighted by molar-refractivity contribution is 0.795. The monoisotopic (exact) mass is 215 g/mol. The van der Waals surface area contributed by atoms with Gasteiger partial charge in [0.25, 0.3) is 0 Å². The number of benzene rings is 1. The molecule has 0 aromatic heterocycles. The van der Waals surface area contributed by atoms with Crippen LogP contribution in [0.2, 0.25) is 10.0 Å². The lowest BCUT2D eigenvalue weighted by Crippen LogP contribution is -1.90. The normalized spacial score (nSPS) is 10.5. The first-order valence-electron chi connectivity index (χ1n) is 4.45. The Bertz CT molecular complexity index is 292. The molecule has 0 aliphatic heterocycles. The molecule has 0 spiro atoms. The number of hydrogen-bond donors (Lipinski definition) is 0. The summed E-state index contributed by atoms with van der Waals surface area (Å²) in [5, 5.41) is 1.48. The average molecular weight is 216 g/mol. The Kier molecular flexibility index (Phi) is 4.08. The van der Waals surface area contributed by atoms with Gasteiger partial charge in [0.2, 0.25) is 0 Å². The summed E-state index contributed by atoms with van der Waals surface area (Å²) in [5.74, 6) is 0. The van der Waals surface area contributed by atoms with Crippen LogP contribution in [-0.4, -0.2) is 0 Å². The molecule has 0 bridgehead atoms. The Balaban J connectivity index is 2.96. The van der Waals surface area contributed by atoms with Crippen molar-refractivity contribution in [1.82, 2.24) is 0 Å². The summed E-state index contributed by atoms with van der Waals surface area (Å²) in [6, 6.07) is 3.71. The zero-order chi connectivity index (χ0) is 9.84. The molecule has 0 aliphatic rings. The molecule has 0 fully saturated rings. The zero-order valence-corrected chi connectivity index (χ0v) is 9.25. The van der Waals surface area contributed by atoms with Gasteiger partial charge < -0.3 is 0 Å². The Morgan fingerprint density at radius 1 is 1.31 bits per heavy atom. The Morgan fingerprint density at radius 3 is 2.62 bits per heavy atom. The summed E-state index contributed by atoms with van der Waals surface area (Å²) in [4.78, 5) is 0. The van der Waals surface area contributed by atoms with Crippen molar-refractivity contribution in [2.45, 2.75) is 26.2 Å². The fourth-order valence-electron chi connectivity index (χ4n) is 1.23. The van der Waals surface area contributed by atoms with E-state index in [9.17, 15) is 0 Å². The molecule has 0 saturated carbocycles. The number of rotatable bonds is 3. The van der Waals surface area contributed by atoms with Crippen LogP contribution in [0.25, 0.3) is 0 Å². The van der Waals surface area contributed by atoms with Crippen LogP contribution in [0.3, 0.4) is 0 Å². The van der Waals surface area contributed by atoms with Crippen LogP contribution in [0.5, 0.6) is 0 Å². The number of halogens is 2. The lowest BCUT2D eigenvalue weighted by atomic mass is 10.1. The highest BCUT2D eigenvalue weighted by Gasteiger charge is 2.07. The molecule has 1 rings (SSSR count). The number of unbranched alkanes of at least 4 members (excludes halogenated alkanes) is 1. The molecule has 1 aromatic carbocycles. The first-order chi connectivity index (χ1) is 6.16. The maximum atomic E-state index is 6.09. The van der Waals surface area contributed by atoms with Gasteiger partial charge in [0.05, 0.1) is 0 Å². The molecule has 2 heteroatoms. The molecular formula is C11H13Cl2. The first kappa shape index (κ1) is 10.9. The van der Waals surface area contributed by atoms with Crippen molar-refractivity contribution in [3.05, 3.63) is 40.2 Å². The average Bonchev–Trinajstić information content (AvgIpc) is 2.12. The van der Waals surface area contributed by atoms with Crippen molar-refractivity contribution in [2.24, 2.45) is 0 Å². The van der Waals surface area contributed by atoms with E-state index in [0.29, 0.717) is 0 Å². The molecule has 0 saturated heterocycles. The van der Waals surface area contributed by atoms with Crippen LogP contribution in [-0.2, 0) is 6.42 Å². The standard InChI is InChI=1S/C11H13Cl2/c1-3-4-5-9-10(12)7-6-8(2)11(9)13/h6-7H,2-5H2,1H3. The number of hydrogen-bond acceptors (Lipinski definition) is 0. The summed E-state index contributed by atoms with van der Waals surface area (Å²) >= 11 is 12.1. The van der Waals surface area contributed by atoms with E-state index >= 15 is 0 Å². The fraction of sp³-hybridized carbons (Fsp3) is 0.364. The highest BCUT2D eigenvalue weighted by atomic mass is 35.5. The van der Waals surface area contributed by atoms with E-state index in [1.807, 2.05) is 12.1 Å². The van der Waals surface area contributed by atoms with Crippen LogP contribution in [0.4, 0.5) is 0 Å². The van der Waals surface area contributed by atoms with Gasteiger partial charge in [-0.1, -0.05) is 42.6 Å². The van der Waals surface area contributed by atoms with Gasteiger partial charge in [-0.25, -0.2) is 0 Å². The van der Waals surface area contributed by atoms with Gasteiger partial charge in [-0.3, -0.25) is 0 Å². The van der Waals surface area contributed by atoms with E-state index in [1.165, 1.54) is 0 Å². The van der Waals surface area contributed by atoms with Crippen molar-refractivity contribution in [3.8, 4) is 0 Å². The second kappa shape index (κ2) is 4.88. The molecule has 13 heavy (non-hydrogen) atoms. The summed E-state index contributed by atoms with van der Waals surface area (Å²) in [5.41, 5.74) is 1.90. The van der Waals surface area contributed by atoms with Crippen molar-refractivity contribution in [2.75, 3.05) is 0 Å². The van der Waals surface area contributed by atoms with Gasteiger partial charge in [-0.2, -0.15) is 0 Å². The van der Waals surface area contributed by atoms with E-state index < -0.39 is 0 Å². The molecular weight excluding hydrogens is 203 g/mol. The third kappa shape index (κ3) is 2.62. The SMILES string of the molecule is [CH2]c1ccc(Cl)c(CCCC)c1Cl. The quantitative estimate of drug-likeness (QED) is 0.696. The highest BCUT2D eigenvalue weighted by Crippen LogP contribution is 2.28. The molecule has 0 amide bonds. The molecule has 0 aliphatic carbocycles. The molecule has 1 radical (unpaired) electrons. The molecule has 0 N–H and O–H groups in total. The third-order valence-electron chi connectivity index (χ3n) is 2.05. The topological polar surface area (TPSA) is 0 Å². The van der Waals surface area contributed by atoms with Crippen LogP contribution in [0.1, 0.15) is 30.9 Å². The van der Waals surface area contributed by atoms with Crippen molar-refractivity contribution in [1.29, 1.82) is 0 Å². The maximum absolute atomic E-state index is 6.09. The van der Waals surface area contributed by atoms with Gasteiger partial charge >= 0.3 is 0 Å². The minimum absolute atomic E-state index is 0.723. The predicted octanol–water partition coefficient (Wildman–Crippen LogP) is 4.52. The van der Waals surface area contributed by atoms with Crippen molar-refractivity contribution < 1.29 is 0 Å². The Hall–Kier alpha value is -0.200. The molecule has 71 valence electrons. The Morgan fingerprint density at radius 2 is 2.00 bits per heavy atom. The van der Waals surface area contributed by atoms with E-state index in [4.69, 9.17) is 23.2 Å². The third-order valence-corrected chi connectivity index (χ3v) is 2.87. The molecule has 0 atom stereocenters. The molecule has 0 unspecified atom stereocenters. The summed E-state index contributed by atoms with van der Waals surface area (Å²) < 4.78 is 0. The predicted molar refractivity (Wildman–Crippen MR) is 59.5 cm³/mol. The van der Waals surface area contributed by atoms with Crippen LogP contribution in [0.15, 0.2) is 12.1 Å². The second-order valence-corrected chi connectivity index (χ2v) is 3.89.